The highest BCUT2D eigenvalue weighted by Gasteiger charge is 2.38. The Balaban J connectivity index is 2.92. The van der Waals surface area contributed by atoms with Crippen molar-refractivity contribution < 1.29 is 13.6 Å². The fraction of sp³-hybridized carbons (Fsp3) is 0.400. The van der Waals surface area contributed by atoms with Gasteiger partial charge in [0.15, 0.2) is 0 Å². The van der Waals surface area contributed by atoms with Gasteiger partial charge in [-0.25, -0.2) is 0 Å². The molecule has 0 saturated carbocycles. The Morgan fingerprint density at radius 1 is 1.13 bits per heavy atom. The minimum atomic E-state index is -3.18. The summed E-state index contributed by atoms with van der Waals surface area (Å²) in [5.74, 6) is 0. The molecule has 0 aromatic heterocycles. The molecule has 0 amide bonds. The van der Waals surface area contributed by atoms with Gasteiger partial charge in [-0.1, -0.05) is 12.1 Å². The van der Waals surface area contributed by atoms with Crippen molar-refractivity contribution in [2.75, 3.05) is 13.2 Å². The summed E-state index contributed by atoms with van der Waals surface area (Å²) >= 11 is 4.18. The summed E-state index contributed by atoms with van der Waals surface area (Å²) < 4.78 is 10.7. The van der Waals surface area contributed by atoms with Gasteiger partial charge in [-0.05, 0) is 26.0 Å². The number of hydrogen-bond donors (Lipinski definition) is 2. The molecule has 0 atom stereocenters. The third-order valence-electron chi connectivity index (χ3n) is 1.91. The Hall–Kier alpha value is -0.333. The molecule has 0 fully saturated rings. The van der Waals surface area contributed by atoms with E-state index in [-0.39, 0.29) is 0 Å². The fourth-order valence-electron chi connectivity index (χ4n) is 1.27. The van der Waals surface area contributed by atoms with Crippen molar-refractivity contribution in [2.45, 2.75) is 18.7 Å². The Morgan fingerprint density at radius 2 is 1.60 bits per heavy atom. The van der Waals surface area contributed by atoms with Crippen molar-refractivity contribution >= 4 is 26.6 Å². The highest BCUT2D eigenvalue weighted by molar-refractivity contribution is 7.80. The lowest BCUT2D eigenvalue weighted by molar-refractivity contribution is 0.124. The molecular formula is C10H16O3SSi. The average Bonchev–Trinajstić information content (AvgIpc) is 2.19. The van der Waals surface area contributed by atoms with Crippen LogP contribution in [-0.4, -0.2) is 26.8 Å². The molecule has 0 unspecified atom stereocenters. The maximum atomic E-state index is 10.2. The number of benzene rings is 1. The van der Waals surface area contributed by atoms with Crippen LogP contribution in [0.5, 0.6) is 0 Å². The van der Waals surface area contributed by atoms with Gasteiger partial charge < -0.3 is 13.6 Å². The lowest BCUT2D eigenvalue weighted by atomic mass is 10.4. The number of rotatable bonds is 5. The van der Waals surface area contributed by atoms with E-state index in [4.69, 9.17) is 8.85 Å². The van der Waals surface area contributed by atoms with Crippen LogP contribution >= 0.6 is 12.6 Å². The molecular weight excluding hydrogens is 228 g/mol. The van der Waals surface area contributed by atoms with Crippen LogP contribution in [0.3, 0.4) is 0 Å². The summed E-state index contributed by atoms with van der Waals surface area (Å²) in [4.78, 5) is 11.1. The third kappa shape index (κ3) is 3.32. The molecule has 0 bridgehead atoms. The van der Waals surface area contributed by atoms with Crippen molar-refractivity contribution in [1.82, 2.24) is 0 Å². The van der Waals surface area contributed by atoms with Crippen LogP contribution in [0, 0.1) is 0 Å². The summed E-state index contributed by atoms with van der Waals surface area (Å²) in [6, 6.07) is 7.21. The van der Waals surface area contributed by atoms with Gasteiger partial charge in [0.05, 0.1) is 0 Å². The van der Waals surface area contributed by atoms with E-state index in [1.807, 2.05) is 26.0 Å². The van der Waals surface area contributed by atoms with Gasteiger partial charge in [-0.2, -0.15) is 0 Å². The largest absolute Gasteiger partial charge is 0.534 e. The maximum absolute atomic E-state index is 10.2. The first-order chi connectivity index (χ1) is 7.12. The van der Waals surface area contributed by atoms with Gasteiger partial charge in [0.25, 0.3) is 0 Å². The lowest BCUT2D eigenvalue weighted by Crippen LogP contribution is -2.54. The molecule has 0 saturated heterocycles. The highest BCUT2D eigenvalue weighted by Crippen LogP contribution is 2.08. The van der Waals surface area contributed by atoms with Crippen molar-refractivity contribution in [3.63, 3.8) is 0 Å². The Bertz CT molecular complexity index is 296. The molecule has 0 spiro atoms. The Labute approximate surface area is 96.8 Å². The summed E-state index contributed by atoms with van der Waals surface area (Å²) in [7, 11) is -3.18. The van der Waals surface area contributed by atoms with Crippen molar-refractivity contribution in [2.24, 2.45) is 0 Å². The van der Waals surface area contributed by atoms with E-state index in [1.54, 1.807) is 12.1 Å². The van der Waals surface area contributed by atoms with Crippen LogP contribution in [0.25, 0.3) is 0 Å². The van der Waals surface area contributed by atoms with E-state index in [9.17, 15) is 4.80 Å². The lowest BCUT2D eigenvalue weighted by Gasteiger charge is -2.23. The summed E-state index contributed by atoms with van der Waals surface area (Å²) in [5.41, 5.74) is 0. The molecule has 0 aliphatic carbocycles. The SMILES string of the molecule is CCO[Si](O)(OCC)c1ccc(S)cc1. The third-order valence-corrected chi connectivity index (χ3v) is 4.63. The van der Waals surface area contributed by atoms with Gasteiger partial charge >= 0.3 is 8.80 Å². The molecule has 15 heavy (non-hydrogen) atoms. The summed E-state index contributed by atoms with van der Waals surface area (Å²) in [5, 5.41) is 0.712. The first-order valence-electron chi connectivity index (χ1n) is 4.92. The molecule has 5 heteroatoms. The van der Waals surface area contributed by atoms with Crippen LogP contribution in [-0.2, 0) is 8.85 Å². The minimum absolute atomic E-state index is 0.436. The second kappa shape index (κ2) is 5.67. The van der Waals surface area contributed by atoms with E-state index >= 15 is 0 Å². The van der Waals surface area contributed by atoms with Gasteiger partial charge in [-0.15, -0.1) is 12.6 Å². The second-order valence-electron chi connectivity index (χ2n) is 2.99. The maximum Gasteiger partial charge on any atom is 0.534 e. The molecule has 0 radical (unpaired) electrons. The number of thiol groups is 1. The molecule has 0 aliphatic heterocycles. The first-order valence-corrected chi connectivity index (χ1v) is 7.13. The van der Waals surface area contributed by atoms with Crippen molar-refractivity contribution in [3.05, 3.63) is 24.3 Å². The van der Waals surface area contributed by atoms with Crippen LogP contribution in [0.1, 0.15) is 13.8 Å². The molecule has 1 aromatic carbocycles. The molecule has 1 N–H and O–H groups in total. The van der Waals surface area contributed by atoms with E-state index < -0.39 is 8.80 Å². The number of hydrogen-bond acceptors (Lipinski definition) is 4. The molecule has 84 valence electrons. The van der Waals surface area contributed by atoms with Crippen LogP contribution in [0.2, 0.25) is 0 Å². The zero-order valence-corrected chi connectivity index (χ0v) is 10.8. The monoisotopic (exact) mass is 244 g/mol. The van der Waals surface area contributed by atoms with E-state index in [0.717, 1.165) is 4.90 Å². The van der Waals surface area contributed by atoms with E-state index in [2.05, 4.69) is 12.6 Å². The van der Waals surface area contributed by atoms with Crippen LogP contribution < -0.4 is 5.19 Å². The first kappa shape index (κ1) is 12.7. The van der Waals surface area contributed by atoms with Gasteiger partial charge in [0.1, 0.15) is 0 Å². The zero-order valence-electron chi connectivity index (χ0n) is 8.93. The van der Waals surface area contributed by atoms with Crippen molar-refractivity contribution in [1.29, 1.82) is 0 Å². The molecule has 1 aromatic rings. The topological polar surface area (TPSA) is 38.7 Å². The van der Waals surface area contributed by atoms with Crippen LogP contribution in [0.4, 0.5) is 0 Å². The molecule has 0 aliphatic rings. The summed E-state index contributed by atoms with van der Waals surface area (Å²) in [6.45, 7) is 4.55. The zero-order chi connectivity index (χ0) is 11.3. The predicted molar refractivity (Wildman–Crippen MR) is 64.6 cm³/mol. The Morgan fingerprint density at radius 3 is 2.00 bits per heavy atom. The normalized spacial score (nSPS) is 11.7. The summed E-state index contributed by atoms with van der Waals surface area (Å²) in [6.07, 6.45) is 0. The van der Waals surface area contributed by atoms with Crippen LogP contribution in [0.15, 0.2) is 29.2 Å². The quantitative estimate of drug-likeness (QED) is 0.603. The van der Waals surface area contributed by atoms with E-state index in [1.165, 1.54) is 0 Å². The fourth-order valence-corrected chi connectivity index (χ4v) is 3.21. The molecule has 1 rings (SSSR count). The predicted octanol–water partition coefficient (Wildman–Crippen LogP) is 1.19. The van der Waals surface area contributed by atoms with Gasteiger partial charge in [0, 0.05) is 23.3 Å². The minimum Gasteiger partial charge on any atom is -0.386 e. The second-order valence-corrected chi connectivity index (χ2v) is 5.83. The molecule has 0 heterocycles. The Kier molecular flexibility index (Phi) is 4.81. The van der Waals surface area contributed by atoms with Gasteiger partial charge in [0.2, 0.25) is 0 Å². The van der Waals surface area contributed by atoms with Crippen molar-refractivity contribution in [3.8, 4) is 0 Å². The smallest absolute Gasteiger partial charge is 0.386 e. The molecule has 3 nitrogen and oxygen atoms in total. The highest BCUT2D eigenvalue weighted by atomic mass is 32.1. The van der Waals surface area contributed by atoms with E-state index in [0.29, 0.717) is 18.4 Å². The average molecular weight is 244 g/mol. The van der Waals surface area contributed by atoms with Gasteiger partial charge in [-0.3, -0.25) is 0 Å². The standard InChI is InChI=1S/C10H16O3SSi/c1-3-12-15(11,13-4-2)10-7-5-9(14)6-8-10/h5-8,11,14H,3-4H2,1-2H3.